The van der Waals surface area contributed by atoms with Crippen LogP contribution in [0.1, 0.15) is 31.9 Å². The molecule has 1 saturated heterocycles. The van der Waals surface area contributed by atoms with Gasteiger partial charge in [0.05, 0.1) is 22.7 Å². The number of nitrogens with one attached hydrogen (secondary N) is 1. The Morgan fingerprint density at radius 2 is 1.43 bits per heavy atom. The van der Waals surface area contributed by atoms with Crippen LogP contribution in [0.5, 0.6) is 0 Å². The third kappa shape index (κ3) is 8.34. The molecule has 0 unspecified atom stereocenters. The molecule has 1 aliphatic heterocycles. The predicted octanol–water partition coefficient (Wildman–Crippen LogP) is 6.65. The van der Waals surface area contributed by atoms with Gasteiger partial charge in [0.1, 0.15) is 0 Å². The summed E-state index contributed by atoms with van der Waals surface area (Å²) in [5, 5.41) is 5.17. The van der Waals surface area contributed by atoms with E-state index in [1.807, 2.05) is 77.0 Å². The Kier molecular flexibility index (Phi) is 10.4. The summed E-state index contributed by atoms with van der Waals surface area (Å²) in [7, 11) is 2.14. The Morgan fingerprint density at radius 1 is 0.745 bits per heavy atom. The predicted molar refractivity (Wildman–Crippen MR) is 193 cm³/mol. The number of benzene rings is 4. The molecule has 0 bridgehead atoms. The number of carbonyl (C=O) groups is 2. The molecular weight excluding hydrogens is 603 g/mol. The third-order valence-corrected chi connectivity index (χ3v) is 9.43. The zero-order chi connectivity index (χ0) is 32.6. The van der Waals surface area contributed by atoms with Gasteiger partial charge in [0.2, 0.25) is 5.91 Å². The van der Waals surface area contributed by atoms with Crippen LogP contribution in [0.2, 0.25) is 0 Å². The highest BCUT2D eigenvalue weighted by atomic mass is 32.1. The fourth-order valence-electron chi connectivity index (χ4n) is 6.02. The van der Waals surface area contributed by atoms with Gasteiger partial charge in [-0.1, -0.05) is 84.9 Å². The molecule has 1 fully saturated rings. The van der Waals surface area contributed by atoms with Gasteiger partial charge in [-0.05, 0) is 70.1 Å². The molecule has 47 heavy (non-hydrogen) atoms. The average Bonchev–Trinajstić information content (AvgIpc) is 3.64. The van der Waals surface area contributed by atoms with Gasteiger partial charge in [-0.3, -0.25) is 9.59 Å². The molecule has 1 aromatic heterocycles. The summed E-state index contributed by atoms with van der Waals surface area (Å²) in [6, 6.07) is 36.4. The lowest BCUT2D eigenvalue weighted by Crippen LogP contribution is -2.44. The summed E-state index contributed by atoms with van der Waals surface area (Å²) >= 11 is 1.46. The summed E-state index contributed by atoms with van der Waals surface area (Å²) in [6.45, 7) is 5.13. The number of nitrogens with zero attached hydrogens (tertiary/aromatic N) is 3. The lowest BCUT2D eigenvalue weighted by atomic mass is 10.0. The Labute approximate surface area is 281 Å². The normalized spacial score (nSPS) is 13.4. The number of hydrogen-bond donors (Lipinski definition) is 2. The van der Waals surface area contributed by atoms with Crippen LogP contribution in [0, 0.1) is 0 Å². The van der Waals surface area contributed by atoms with Crippen molar-refractivity contribution < 1.29 is 9.59 Å². The molecule has 3 N–H and O–H groups in total. The molecule has 0 radical (unpaired) electrons. The molecule has 240 valence electrons. The van der Waals surface area contributed by atoms with E-state index in [0.717, 1.165) is 70.9 Å². The minimum absolute atomic E-state index is 0.00324. The Morgan fingerprint density at radius 3 is 2.15 bits per heavy atom. The number of thiophene rings is 1. The van der Waals surface area contributed by atoms with Crippen LogP contribution in [0.25, 0.3) is 11.1 Å². The monoisotopic (exact) mass is 643 g/mol. The van der Waals surface area contributed by atoms with E-state index in [1.165, 1.54) is 11.3 Å². The first-order valence-corrected chi connectivity index (χ1v) is 16.9. The zero-order valence-electron chi connectivity index (χ0n) is 26.8. The first kappa shape index (κ1) is 32.2. The van der Waals surface area contributed by atoms with Crippen LogP contribution >= 0.6 is 11.3 Å². The van der Waals surface area contributed by atoms with Crippen molar-refractivity contribution in [3.63, 3.8) is 0 Å². The van der Waals surface area contributed by atoms with E-state index in [1.54, 1.807) is 0 Å². The lowest BCUT2D eigenvalue weighted by Gasteiger charge is -2.35. The number of carbonyl (C=O) groups excluding carboxylic acids is 2. The maximum atomic E-state index is 13.7. The van der Waals surface area contributed by atoms with Crippen molar-refractivity contribution in [3.8, 4) is 11.1 Å². The molecule has 4 aromatic carbocycles. The van der Waals surface area contributed by atoms with Gasteiger partial charge in [-0.15, -0.1) is 11.3 Å². The van der Waals surface area contributed by atoms with Crippen LogP contribution in [0.4, 0.5) is 11.4 Å². The van der Waals surface area contributed by atoms with Gasteiger partial charge in [0.15, 0.2) is 0 Å². The second kappa shape index (κ2) is 15.2. The first-order valence-electron chi connectivity index (χ1n) is 16.1. The zero-order valence-corrected chi connectivity index (χ0v) is 27.6. The topological polar surface area (TPSA) is 81.9 Å². The number of piperazine rings is 1. The van der Waals surface area contributed by atoms with Crippen LogP contribution in [0.3, 0.4) is 0 Å². The van der Waals surface area contributed by atoms with Gasteiger partial charge in [-0.2, -0.15) is 0 Å². The van der Waals surface area contributed by atoms with Crippen molar-refractivity contribution in [1.82, 2.24) is 9.80 Å². The van der Waals surface area contributed by atoms with E-state index in [4.69, 9.17) is 5.73 Å². The number of nitrogens with two attached hydrogens (primary N) is 1. The van der Waals surface area contributed by atoms with Crippen molar-refractivity contribution in [2.75, 3.05) is 43.4 Å². The minimum atomic E-state index is -0.0427. The molecule has 0 saturated carbocycles. The first-order chi connectivity index (χ1) is 22.9. The molecule has 7 nitrogen and oxygen atoms in total. The minimum Gasteiger partial charge on any atom is -0.367 e. The van der Waals surface area contributed by atoms with E-state index in [2.05, 4.69) is 64.6 Å². The highest BCUT2D eigenvalue weighted by molar-refractivity contribution is 7.12. The van der Waals surface area contributed by atoms with E-state index < -0.39 is 0 Å². The molecule has 2 amide bonds. The Bertz CT molecular complexity index is 1800. The summed E-state index contributed by atoms with van der Waals surface area (Å²) in [5.74, 6) is -0.0394. The lowest BCUT2D eigenvalue weighted by molar-refractivity contribution is -0.115. The van der Waals surface area contributed by atoms with Crippen molar-refractivity contribution in [3.05, 3.63) is 142 Å². The van der Waals surface area contributed by atoms with Gasteiger partial charge >= 0.3 is 0 Å². The van der Waals surface area contributed by atoms with E-state index in [9.17, 15) is 9.59 Å². The quantitative estimate of drug-likeness (QED) is 0.169. The van der Waals surface area contributed by atoms with Crippen molar-refractivity contribution in [1.29, 1.82) is 0 Å². The molecule has 0 aliphatic carbocycles. The summed E-state index contributed by atoms with van der Waals surface area (Å²) in [5.41, 5.74) is 13.9. The second-order valence-electron chi connectivity index (χ2n) is 12.1. The molecule has 6 rings (SSSR count). The number of amides is 2. The fraction of sp³-hybridized carbons (Fsp3) is 0.231. The molecule has 5 aromatic rings. The van der Waals surface area contributed by atoms with Crippen molar-refractivity contribution >= 4 is 34.5 Å². The molecular formula is C39H41N5O2S. The molecule has 0 spiro atoms. The third-order valence-electron chi connectivity index (χ3n) is 8.58. The number of rotatable bonds is 11. The van der Waals surface area contributed by atoms with Gasteiger partial charge in [0, 0.05) is 45.8 Å². The van der Waals surface area contributed by atoms with E-state index in [0.29, 0.717) is 30.9 Å². The average molecular weight is 644 g/mol. The molecule has 8 heteroatoms. The van der Waals surface area contributed by atoms with Gasteiger partial charge in [0.25, 0.3) is 5.91 Å². The van der Waals surface area contributed by atoms with E-state index >= 15 is 0 Å². The standard InChI is InChI=1S/C39H41N5O2S/c1-42-17-19-43(20-18-42)36-16-15-34(25-35(36)41-38(45)24-29-8-3-2-4-9-29)33-13-6-12-32(23-33)28-44(39(46)37-14-7-21-47-37)27-31-11-5-10-30(22-31)26-40/h2-16,21-23,25H,17-20,24,26-28,40H2,1H3,(H,41,45). The highest BCUT2D eigenvalue weighted by Crippen LogP contribution is 2.33. The van der Waals surface area contributed by atoms with Crippen LogP contribution in [-0.4, -0.2) is 54.8 Å². The summed E-state index contributed by atoms with van der Waals surface area (Å²) < 4.78 is 0. The van der Waals surface area contributed by atoms with Gasteiger partial charge < -0.3 is 25.8 Å². The van der Waals surface area contributed by atoms with Crippen molar-refractivity contribution in [2.45, 2.75) is 26.1 Å². The van der Waals surface area contributed by atoms with Crippen LogP contribution < -0.4 is 16.0 Å². The van der Waals surface area contributed by atoms with E-state index in [-0.39, 0.29) is 11.8 Å². The van der Waals surface area contributed by atoms with Gasteiger partial charge in [-0.25, -0.2) is 0 Å². The number of anilines is 2. The SMILES string of the molecule is CN1CCN(c2ccc(-c3cccc(CN(Cc4cccc(CN)c4)C(=O)c4cccs4)c3)cc2NC(=O)Cc2ccccc2)CC1. The molecule has 0 atom stereocenters. The summed E-state index contributed by atoms with van der Waals surface area (Å²) in [6.07, 6.45) is 0.311. The molecule has 1 aliphatic rings. The molecule has 2 heterocycles. The van der Waals surface area contributed by atoms with Crippen molar-refractivity contribution in [2.24, 2.45) is 5.73 Å². The largest absolute Gasteiger partial charge is 0.367 e. The smallest absolute Gasteiger partial charge is 0.264 e. The Balaban J connectivity index is 1.27. The Hall–Kier alpha value is -4.76. The second-order valence-corrected chi connectivity index (χ2v) is 13.0. The fourth-order valence-corrected chi connectivity index (χ4v) is 6.71. The summed E-state index contributed by atoms with van der Waals surface area (Å²) in [4.78, 5) is 34.2. The van der Waals surface area contributed by atoms with Crippen LogP contribution in [-0.2, 0) is 30.8 Å². The highest BCUT2D eigenvalue weighted by Gasteiger charge is 2.21. The van der Waals surface area contributed by atoms with Crippen LogP contribution in [0.15, 0.2) is 115 Å². The maximum Gasteiger partial charge on any atom is 0.264 e. The number of hydrogen-bond acceptors (Lipinski definition) is 6. The number of likely N-dealkylation sites (N-methyl/N-ethyl adjacent to an activating group) is 1. The maximum absolute atomic E-state index is 13.7.